The molecule has 0 heterocycles. The summed E-state index contributed by atoms with van der Waals surface area (Å²) in [6.45, 7) is 6.36. The lowest BCUT2D eigenvalue weighted by Gasteiger charge is -2.10. The Balaban J connectivity index is 0.00000106. The fraction of sp³-hybridized carbons (Fsp3) is 0.250. The molecule has 112 valence electrons. The van der Waals surface area contributed by atoms with Gasteiger partial charge in [0.05, 0.1) is 4.92 Å². The molecule has 0 atom stereocenters. The predicted molar refractivity (Wildman–Crippen MR) is 88.0 cm³/mol. The molecular weight excluding hydrogens is 288 g/mol. The molecule has 2 aromatic carbocycles. The molecule has 0 unspecified atom stereocenters. The van der Waals surface area contributed by atoms with Crippen LogP contribution in [-0.2, 0) is 6.54 Å². The van der Waals surface area contributed by atoms with Gasteiger partial charge in [-0.3, -0.25) is 10.1 Å². The van der Waals surface area contributed by atoms with Crippen molar-refractivity contribution in [3.63, 3.8) is 0 Å². The number of nitro groups is 1. The van der Waals surface area contributed by atoms with E-state index in [9.17, 15) is 10.1 Å². The molecule has 2 rings (SSSR count). The number of halogens is 1. The normalized spacial score (nSPS) is 9.52. The Labute approximate surface area is 129 Å². The molecule has 0 aliphatic carbocycles. The van der Waals surface area contributed by atoms with Gasteiger partial charge in [0.25, 0.3) is 5.69 Å². The molecule has 0 amide bonds. The molecule has 4 nitrogen and oxygen atoms in total. The molecule has 0 aliphatic rings. The second kappa shape index (κ2) is 8.27. The quantitative estimate of drug-likeness (QED) is 0.624. The summed E-state index contributed by atoms with van der Waals surface area (Å²) in [6, 6.07) is 12.4. The SMILES string of the molecule is CC.Cc1cccc([N+](=O)[O-])c1NCc1ccc(Cl)cc1. The van der Waals surface area contributed by atoms with Crippen molar-refractivity contribution in [2.45, 2.75) is 27.3 Å². The molecule has 2 aromatic rings. The molecule has 0 bridgehead atoms. The first-order valence-corrected chi connectivity index (χ1v) is 7.18. The number of aryl methyl sites for hydroxylation is 1. The van der Waals surface area contributed by atoms with Gasteiger partial charge in [-0.15, -0.1) is 0 Å². The number of benzene rings is 2. The molecular formula is C16H19ClN2O2. The molecule has 5 heteroatoms. The van der Waals surface area contributed by atoms with Crippen LogP contribution in [0.25, 0.3) is 0 Å². The molecule has 0 saturated heterocycles. The van der Waals surface area contributed by atoms with Gasteiger partial charge in [-0.1, -0.05) is 49.7 Å². The van der Waals surface area contributed by atoms with Gasteiger partial charge in [0.2, 0.25) is 0 Å². The van der Waals surface area contributed by atoms with E-state index in [0.717, 1.165) is 11.1 Å². The third kappa shape index (κ3) is 4.76. The minimum Gasteiger partial charge on any atom is -0.375 e. The second-order valence-electron chi connectivity index (χ2n) is 4.21. The maximum atomic E-state index is 11.0. The lowest BCUT2D eigenvalue weighted by atomic mass is 10.1. The van der Waals surface area contributed by atoms with Gasteiger partial charge < -0.3 is 5.32 Å². The van der Waals surface area contributed by atoms with Crippen LogP contribution in [0.15, 0.2) is 42.5 Å². The lowest BCUT2D eigenvalue weighted by Crippen LogP contribution is -2.04. The standard InChI is InChI=1S/C14H13ClN2O2.C2H6/c1-10-3-2-4-13(17(18)19)14(10)16-9-11-5-7-12(15)8-6-11;1-2/h2-8,16H,9H2,1H3;1-2H3. The Morgan fingerprint density at radius 3 is 2.33 bits per heavy atom. The van der Waals surface area contributed by atoms with Crippen molar-refractivity contribution in [1.29, 1.82) is 0 Å². The van der Waals surface area contributed by atoms with Gasteiger partial charge in [-0.25, -0.2) is 0 Å². The number of nitro benzene ring substituents is 1. The van der Waals surface area contributed by atoms with E-state index in [-0.39, 0.29) is 10.6 Å². The Morgan fingerprint density at radius 2 is 1.76 bits per heavy atom. The van der Waals surface area contributed by atoms with E-state index in [1.54, 1.807) is 18.2 Å². The Kier molecular flexibility index (Phi) is 6.69. The molecule has 0 radical (unpaired) electrons. The zero-order valence-electron chi connectivity index (χ0n) is 12.4. The third-order valence-electron chi connectivity index (χ3n) is 2.83. The zero-order valence-corrected chi connectivity index (χ0v) is 13.1. The van der Waals surface area contributed by atoms with Crippen molar-refractivity contribution in [2.75, 3.05) is 5.32 Å². The summed E-state index contributed by atoms with van der Waals surface area (Å²) in [4.78, 5) is 10.6. The maximum Gasteiger partial charge on any atom is 0.292 e. The van der Waals surface area contributed by atoms with Crippen LogP contribution in [0.2, 0.25) is 5.02 Å². The van der Waals surface area contributed by atoms with Crippen LogP contribution in [0, 0.1) is 17.0 Å². The van der Waals surface area contributed by atoms with Crippen LogP contribution in [-0.4, -0.2) is 4.92 Å². The molecule has 1 N–H and O–H groups in total. The summed E-state index contributed by atoms with van der Waals surface area (Å²) in [5.41, 5.74) is 2.52. The van der Waals surface area contributed by atoms with Crippen LogP contribution in [0.1, 0.15) is 25.0 Å². The summed E-state index contributed by atoms with van der Waals surface area (Å²) in [5, 5.41) is 14.8. The van der Waals surface area contributed by atoms with Crippen molar-refractivity contribution in [3.8, 4) is 0 Å². The number of anilines is 1. The number of nitrogens with one attached hydrogen (secondary N) is 1. The summed E-state index contributed by atoms with van der Waals surface area (Å²) in [7, 11) is 0. The van der Waals surface area contributed by atoms with Crippen LogP contribution >= 0.6 is 11.6 Å². The molecule has 0 aromatic heterocycles. The number of hydrogen-bond donors (Lipinski definition) is 1. The van der Waals surface area contributed by atoms with Gasteiger partial charge in [0.1, 0.15) is 5.69 Å². The molecule has 0 aliphatic heterocycles. The van der Waals surface area contributed by atoms with E-state index in [4.69, 9.17) is 11.6 Å². The first-order chi connectivity index (χ1) is 10.1. The number of para-hydroxylation sites is 1. The van der Waals surface area contributed by atoms with Gasteiger partial charge in [-0.2, -0.15) is 0 Å². The minimum absolute atomic E-state index is 0.0916. The first kappa shape index (κ1) is 17.0. The highest BCUT2D eigenvalue weighted by Crippen LogP contribution is 2.28. The number of hydrogen-bond acceptors (Lipinski definition) is 3. The van der Waals surface area contributed by atoms with Crippen LogP contribution in [0.3, 0.4) is 0 Å². The maximum absolute atomic E-state index is 11.0. The van der Waals surface area contributed by atoms with Crippen molar-refractivity contribution in [2.24, 2.45) is 0 Å². The van der Waals surface area contributed by atoms with Gasteiger partial charge in [0.15, 0.2) is 0 Å². The van der Waals surface area contributed by atoms with Crippen LogP contribution in [0.4, 0.5) is 11.4 Å². The van der Waals surface area contributed by atoms with Crippen molar-refractivity contribution >= 4 is 23.0 Å². The Bertz CT molecular complexity index is 598. The molecule has 0 saturated carbocycles. The van der Waals surface area contributed by atoms with E-state index in [1.807, 2.05) is 39.0 Å². The number of nitrogens with zero attached hydrogens (tertiary/aromatic N) is 1. The van der Waals surface area contributed by atoms with E-state index < -0.39 is 0 Å². The Hall–Kier alpha value is -2.07. The summed E-state index contributed by atoms with van der Waals surface area (Å²) < 4.78 is 0. The van der Waals surface area contributed by atoms with Crippen molar-refractivity contribution < 1.29 is 4.92 Å². The van der Waals surface area contributed by atoms with Crippen molar-refractivity contribution in [3.05, 3.63) is 68.7 Å². The highest BCUT2D eigenvalue weighted by atomic mass is 35.5. The van der Waals surface area contributed by atoms with Crippen molar-refractivity contribution in [1.82, 2.24) is 0 Å². The minimum atomic E-state index is -0.378. The molecule has 21 heavy (non-hydrogen) atoms. The Morgan fingerprint density at radius 1 is 1.14 bits per heavy atom. The van der Waals surface area contributed by atoms with E-state index in [0.29, 0.717) is 17.3 Å². The zero-order chi connectivity index (χ0) is 15.8. The fourth-order valence-electron chi connectivity index (χ4n) is 1.83. The monoisotopic (exact) mass is 306 g/mol. The smallest absolute Gasteiger partial charge is 0.292 e. The second-order valence-corrected chi connectivity index (χ2v) is 4.64. The highest BCUT2D eigenvalue weighted by Gasteiger charge is 2.14. The van der Waals surface area contributed by atoms with E-state index in [1.165, 1.54) is 6.07 Å². The van der Waals surface area contributed by atoms with Crippen LogP contribution < -0.4 is 5.32 Å². The number of rotatable bonds is 4. The van der Waals surface area contributed by atoms with Gasteiger partial charge >= 0.3 is 0 Å². The average Bonchev–Trinajstić information content (AvgIpc) is 2.49. The van der Waals surface area contributed by atoms with E-state index >= 15 is 0 Å². The predicted octanol–water partition coefficient (Wildman–Crippen LogP) is 5.19. The summed E-state index contributed by atoms with van der Waals surface area (Å²) in [5.74, 6) is 0. The molecule has 0 fully saturated rings. The molecule has 0 spiro atoms. The third-order valence-corrected chi connectivity index (χ3v) is 3.08. The highest BCUT2D eigenvalue weighted by molar-refractivity contribution is 6.30. The topological polar surface area (TPSA) is 55.2 Å². The van der Waals surface area contributed by atoms with E-state index in [2.05, 4.69) is 5.32 Å². The van der Waals surface area contributed by atoms with Gasteiger partial charge in [0, 0.05) is 17.6 Å². The summed E-state index contributed by atoms with van der Waals surface area (Å²) >= 11 is 5.81. The first-order valence-electron chi connectivity index (χ1n) is 6.80. The fourth-order valence-corrected chi connectivity index (χ4v) is 1.95. The van der Waals surface area contributed by atoms with Gasteiger partial charge in [-0.05, 0) is 30.2 Å². The lowest BCUT2D eigenvalue weighted by molar-refractivity contribution is -0.384. The average molecular weight is 307 g/mol. The largest absolute Gasteiger partial charge is 0.375 e. The van der Waals surface area contributed by atoms with Crippen LogP contribution in [0.5, 0.6) is 0 Å². The summed E-state index contributed by atoms with van der Waals surface area (Å²) in [6.07, 6.45) is 0.